The van der Waals surface area contributed by atoms with Gasteiger partial charge in [0.05, 0.1) is 10.5 Å². The third kappa shape index (κ3) is 10.1. The topological polar surface area (TPSA) is 54.1 Å². The first kappa shape index (κ1) is 48.8. The van der Waals surface area contributed by atoms with Gasteiger partial charge in [-0.15, -0.1) is 58.2 Å². The SMILES string of the molecule is CC(C)C(C(=O)/C=C(\O)C(C(C)C)C(C)C)C(C)C.Cc1cc2ccccc2c(C)c1-c1sc2c(-c3[c-]c4ccccc4c(C(C)(C)C)c3)nc[n+](C(F)(F)F)c2c1C.[Ir]. The van der Waals surface area contributed by atoms with Crippen LogP contribution in [-0.2, 0) is 36.6 Å². The Morgan fingerprint density at radius 2 is 1.35 bits per heavy atom. The summed E-state index contributed by atoms with van der Waals surface area (Å²) in [5.74, 6) is 1.63. The number of halogens is 3. The van der Waals surface area contributed by atoms with Crippen LogP contribution in [0.5, 0.6) is 0 Å². The molecule has 9 heteroatoms. The molecule has 0 fully saturated rings. The van der Waals surface area contributed by atoms with Gasteiger partial charge >= 0.3 is 6.30 Å². The van der Waals surface area contributed by atoms with Crippen LogP contribution in [-0.4, -0.2) is 15.9 Å². The number of aromatic nitrogens is 2. The van der Waals surface area contributed by atoms with Crippen molar-refractivity contribution in [3.8, 4) is 21.7 Å². The fourth-order valence-electron chi connectivity index (χ4n) is 9.06. The van der Waals surface area contributed by atoms with E-state index < -0.39 is 6.30 Å². The van der Waals surface area contributed by atoms with Gasteiger partial charge < -0.3 is 5.11 Å². The van der Waals surface area contributed by atoms with Crippen LogP contribution in [0, 0.1) is 62.3 Å². The number of aliphatic hydroxyl groups excluding tert-OH is 1. The number of carbonyl (C=O) groups is 1. The average Bonchev–Trinajstić information content (AvgIpc) is 3.45. The molecule has 0 bridgehead atoms. The first-order chi connectivity index (χ1) is 27.4. The van der Waals surface area contributed by atoms with Crippen LogP contribution in [0.15, 0.2) is 78.8 Å². The third-order valence-electron chi connectivity index (χ3n) is 11.6. The van der Waals surface area contributed by atoms with Gasteiger partial charge in [0.1, 0.15) is 5.69 Å². The summed E-state index contributed by atoms with van der Waals surface area (Å²) in [6.07, 6.45) is -2.21. The van der Waals surface area contributed by atoms with Crippen LogP contribution >= 0.6 is 11.3 Å². The quantitative estimate of drug-likeness (QED) is 0.0680. The van der Waals surface area contributed by atoms with Gasteiger partial charge in [-0.05, 0) is 77.3 Å². The van der Waals surface area contributed by atoms with E-state index in [-0.39, 0.29) is 54.4 Å². The Balaban J connectivity index is 0.000000339. The summed E-state index contributed by atoms with van der Waals surface area (Å²) in [7, 11) is 0. The molecule has 0 aliphatic heterocycles. The fourth-order valence-corrected chi connectivity index (χ4v) is 10.5. The molecule has 0 amide bonds. The van der Waals surface area contributed by atoms with Crippen LogP contribution in [0.1, 0.15) is 98.4 Å². The monoisotopic (exact) mass is 1020 g/mol. The number of nitrogens with zero attached hydrogens (tertiary/aromatic N) is 2. The Morgan fingerprint density at radius 3 is 1.90 bits per heavy atom. The van der Waals surface area contributed by atoms with Gasteiger partial charge in [-0.1, -0.05) is 141 Å². The van der Waals surface area contributed by atoms with Gasteiger partial charge in [0.15, 0.2) is 11.3 Å². The summed E-state index contributed by atoms with van der Waals surface area (Å²) < 4.78 is 43.9. The van der Waals surface area contributed by atoms with Crippen molar-refractivity contribution in [1.82, 2.24) is 4.98 Å². The maximum absolute atomic E-state index is 14.4. The van der Waals surface area contributed by atoms with Gasteiger partial charge in [0.25, 0.3) is 6.33 Å². The second-order valence-corrected chi connectivity index (χ2v) is 19.5. The molecule has 2 aromatic heterocycles. The Bertz CT molecular complexity index is 2510. The van der Waals surface area contributed by atoms with Crippen LogP contribution in [0.3, 0.4) is 0 Å². The molecule has 4 aromatic carbocycles. The Morgan fingerprint density at radius 1 is 0.800 bits per heavy atom. The van der Waals surface area contributed by atoms with E-state index in [4.69, 9.17) is 0 Å². The normalized spacial score (nSPS) is 12.8. The van der Waals surface area contributed by atoms with E-state index in [1.165, 1.54) is 17.4 Å². The molecule has 0 unspecified atom stereocenters. The molecule has 1 N–H and O–H groups in total. The number of hydrogen-bond donors (Lipinski definition) is 1. The predicted molar refractivity (Wildman–Crippen MR) is 241 cm³/mol. The second kappa shape index (κ2) is 19.0. The van der Waals surface area contributed by atoms with Crippen LogP contribution in [0.25, 0.3) is 53.5 Å². The van der Waals surface area contributed by atoms with Gasteiger partial charge in [-0.3, -0.25) is 4.79 Å². The average molecular weight is 1020 g/mol. The molecule has 0 aliphatic rings. The van der Waals surface area contributed by atoms with E-state index in [1.807, 2.05) is 43.3 Å². The molecular weight excluding hydrogens is 954 g/mol. The molecule has 2 heterocycles. The van der Waals surface area contributed by atoms with E-state index in [1.54, 1.807) is 6.92 Å². The fraction of sp³-hybridized carbons (Fsp3) is 0.431. The molecule has 0 saturated heterocycles. The second-order valence-electron chi connectivity index (χ2n) is 18.5. The molecule has 6 rings (SSSR count). The number of hydrogen-bond acceptors (Lipinski definition) is 4. The van der Waals surface area contributed by atoms with E-state index in [2.05, 4.69) is 118 Å². The number of aliphatic hydroxyl groups is 1. The molecule has 6 aromatic rings. The van der Waals surface area contributed by atoms with E-state index in [0.717, 1.165) is 55.0 Å². The summed E-state index contributed by atoms with van der Waals surface area (Å²) in [4.78, 5) is 17.6. The van der Waals surface area contributed by atoms with Crippen LogP contribution in [0.2, 0.25) is 0 Å². The number of thiophene rings is 1. The van der Waals surface area contributed by atoms with E-state index >= 15 is 0 Å². The minimum Gasteiger partial charge on any atom is -0.512 e. The van der Waals surface area contributed by atoms with Gasteiger partial charge in [0.2, 0.25) is 0 Å². The third-order valence-corrected chi connectivity index (χ3v) is 12.9. The molecule has 0 atom stereocenters. The number of fused-ring (bicyclic) bond motifs is 3. The van der Waals surface area contributed by atoms with Gasteiger partial charge in [-0.2, -0.15) is 0 Å². The Kier molecular flexibility index (Phi) is 15.4. The summed E-state index contributed by atoms with van der Waals surface area (Å²) in [5.41, 5.74) is 5.95. The molecule has 323 valence electrons. The molecule has 0 aliphatic carbocycles. The maximum atomic E-state index is 14.4. The van der Waals surface area contributed by atoms with Crippen molar-refractivity contribution in [2.45, 2.75) is 109 Å². The van der Waals surface area contributed by atoms with Crippen molar-refractivity contribution in [2.24, 2.45) is 35.5 Å². The molecule has 0 spiro atoms. The number of alkyl halides is 3. The Hall–Kier alpha value is -3.91. The summed E-state index contributed by atoms with van der Waals surface area (Å²) in [6, 6.07) is 23.8. The zero-order valence-electron chi connectivity index (χ0n) is 37.5. The number of benzene rings is 4. The van der Waals surface area contributed by atoms with Crippen LogP contribution < -0.4 is 4.57 Å². The van der Waals surface area contributed by atoms with Crippen molar-refractivity contribution in [3.05, 3.63) is 107 Å². The van der Waals surface area contributed by atoms with Crippen molar-refractivity contribution in [1.29, 1.82) is 0 Å². The maximum Gasteiger partial charge on any atom is 0.567 e. The number of rotatable bonds is 9. The first-order valence-electron chi connectivity index (χ1n) is 20.8. The standard InChI is InChI=1S/C34H29F3N2S.C17H32O2.Ir/c1-19-15-22-11-7-9-13-25(22)20(2)28(19)31-21(3)30-32(40-31)29(38-18-39(30)34(35,36)37)24-16-23-12-8-10-14-26(23)27(17-24)33(4,5)6;1-10(2)16(11(3)4)14(18)9-15(19)17(12(5)6)13(7)8;/h7-15,17-18H,1-6H3;9-13,16-18H,1-8H3;/b;14-9-;. The summed E-state index contributed by atoms with van der Waals surface area (Å²) >= 11 is 1.38. The number of aryl methyl sites for hydroxylation is 3. The number of allylic oxidation sites excluding steroid dienone is 2. The van der Waals surface area contributed by atoms with Crippen molar-refractivity contribution < 1.29 is 47.7 Å². The summed E-state index contributed by atoms with van der Waals surface area (Å²) in [5, 5.41) is 14.5. The van der Waals surface area contributed by atoms with Crippen molar-refractivity contribution >= 4 is 48.9 Å². The zero-order valence-corrected chi connectivity index (χ0v) is 40.7. The first-order valence-corrected chi connectivity index (χ1v) is 21.6. The van der Waals surface area contributed by atoms with Gasteiger partial charge in [0, 0.05) is 48.5 Å². The minimum atomic E-state index is -4.61. The number of carbonyl (C=O) groups excluding carboxylic acids is 1. The summed E-state index contributed by atoms with van der Waals surface area (Å²) in [6.45, 7) is 28.9. The minimum absolute atomic E-state index is 0. The van der Waals surface area contributed by atoms with Crippen molar-refractivity contribution in [2.75, 3.05) is 0 Å². The molecule has 1 radical (unpaired) electrons. The predicted octanol–water partition coefficient (Wildman–Crippen LogP) is 14.6. The van der Waals surface area contributed by atoms with Gasteiger partial charge in [-0.25, -0.2) is 0 Å². The number of ketones is 1. The molecular formula is C51H61F3IrN2O2S. The smallest absolute Gasteiger partial charge is 0.512 e. The molecule has 60 heavy (non-hydrogen) atoms. The van der Waals surface area contributed by atoms with Crippen LogP contribution in [0.4, 0.5) is 13.2 Å². The van der Waals surface area contributed by atoms with E-state index in [9.17, 15) is 23.1 Å². The molecule has 0 saturated carbocycles. The molecule has 4 nitrogen and oxygen atoms in total. The zero-order chi connectivity index (χ0) is 43.9. The van der Waals surface area contributed by atoms with Crippen molar-refractivity contribution in [3.63, 3.8) is 0 Å². The van der Waals surface area contributed by atoms with E-state index in [0.29, 0.717) is 49.8 Å². The Labute approximate surface area is 372 Å². The largest absolute Gasteiger partial charge is 0.567 e.